The number of sulfonamides is 1. The second-order valence-electron chi connectivity index (χ2n) is 8.07. The summed E-state index contributed by atoms with van der Waals surface area (Å²) in [5.41, 5.74) is 3.86. The van der Waals surface area contributed by atoms with E-state index in [9.17, 15) is 18.0 Å². The van der Waals surface area contributed by atoms with Crippen molar-refractivity contribution in [1.82, 2.24) is 5.32 Å². The number of benzene rings is 3. The molecule has 35 heavy (non-hydrogen) atoms. The normalized spacial score (nSPS) is 10.9. The Morgan fingerprint density at radius 3 is 2.00 bits per heavy atom. The van der Waals surface area contributed by atoms with Gasteiger partial charge in [-0.2, -0.15) is 0 Å². The molecule has 2 amide bonds. The van der Waals surface area contributed by atoms with Gasteiger partial charge in [-0.1, -0.05) is 47.5 Å². The van der Waals surface area contributed by atoms with Gasteiger partial charge in [0, 0.05) is 25.2 Å². The first-order valence-electron chi connectivity index (χ1n) is 11.1. The highest BCUT2D eigenvalue weighted by molar-refractivity contribution is 7.92. The van der Waals surface area contributed by atoms with E-state index >= 15 is 0 Å². The molecule has 2 N–H and O–H groups in total. The zero-order valence-corrected chi connectivity index (χ0v) is 20.8. The van der Waals surface area contributed by atoms with E-state index in [1.165, 1.54) is 11.4 Å². The third-order valence-corrected chi connectivity index (χ3v) is 7.19. The van der Waals surface area contributed by atoms with Gasteiger partial charge in [-0.15, -0.1) is 0 Å². The van der Waals surface area contributed by atoms with E-state index < -0.39 is 16.1 Å². The summed E-state index contributed by atoms with van der Waals surface area (Å²) in [5, 5.41) is 5.37. The van der Waals surface area contributed by atoms with Crippen molar-refractivity contribution in [2.24, 2.45) is 0 Å². The van der Waals surface area contributed by atoms with Gasteiger partial charge in [-0.25, -0.2) is 13.2 Å². The lowest BCUT2D eigenvalue weighted by atomic mass is 10.2. The number of methoxy groups -OCH3 is 1. The summed E-state index contributed by atoms with van der Waals surface area (Å²) in [6, 6.07) is 20.7. The fourth-order valence-corrected chi connectivity index (χ4v) is 4.77. The maximum absolute atomic E-state index is 13.4. The molecular weight excluding hydrogens is 466 g/mol. The zero-order chi connectivity index (χ0) is 25.4. The molecule has 3 rings (SSSR count). The standard InChI is InChI=1S/C26H29N3O5S/c1-19-4-12-23(13-5-19)29(35(32,33)24-14-6-20(2)7-15-24)17-16-25(30)27-18-21-8-10-22(11-9-21)28-26(31)34-3/h4-15H,16-18H2,1-3H3,(H,27,30)(H,28,31). The van der Waals surface area contributed by atoms with Crippen molar-refractivity contribution < 1.29 is 22.7 Å². The molecular formula is C26H29N3O5S. The van der Waals surface area contributed by atoms with Crippen LogP contribution >= 0.6 is 0 Å². The van der Waals surface area contributed by atoms with Gasteiger partial charge >= 0.3 is 6.09 Å². The fourth-order valence-electron chi connectivity index (χ4n) is 3.30. The topological polar surface area (TPSA) is 105 Å². The number of hydrogen-bond donors (Lipinski definition) is 2. The molecule has 0 bridgehead atoms. The van der Waals surface area contributed by atoms with Crippen LogP contribution in [0.1, 0.15) is 23.1 Å². The van der Waals surface area contributed by atoms with Crippen molar-refractivity contribution in [3.05, 3.63) is 89.5 Å². The Morgan fingerprint density at radius 2 is 1.43 bits per heavy atom. The lowest BCUT2D eigenvalue weighted by Crippen LogP contribution is -2.35. The van der Waals surface area contributed by atoms with Crippen LogP contribution in [-0.2, 0) is 26.1 Å². The largest absolute Gasteiger partial charge is 0.453 e. The molecule has 0 saturated carbocycles. The van der Waals surface area contributed by atoms with Crippen LogP contribution in [0.5, 0.6) is 0 Å². The number of anilines is 2. The van der Waals surface area contributed by atoms with Crippen LogP contribution in [0.2, 0.25) is 0 Å². The smallest absolute Gasteiger partial charge is 0.411 e. The predicted molar refractivity (Wildman–Crippen MR) is 136 cm³/mol. The average molecular weight is 496 g/mol. The molecule has 9 heteroatoms. The summed E-state index contributed by atoms with van der Waals surface area (Å²) >= 11 is 0. The lowest BCUT2D eigenvalue weighted by Gasteiger charge is -2.24. The molecule has 0 radical (unpaired) electrons. The second-order valence-corrected chi connectivity index (χ2v) is 9.93. The van der Waals surface area contributed by atoms with Crippen molar-refractivity contribution >= 4 is 33.4 Å². The van der Waals surface area contributed by atoms with Gasteiger partial charge in [0.25, 0.3) is 10.0 Å². The molecule has 0 aliphatic heterocycles. The summed E-state index contributed by atoms with van der Waals surface area (Å²) in [6.07, 6.45) is -0.578. The van der Waals surface area contributed by atoms with Crippen LogP contribution in [0.15, 0.2) is 77.7 Å². The molecule has 184 valence electrons. The first kappa shape index (κ1) is 25.8. The van der Waals surface area contributed by atoms with Crippen LogP contribution in [0, 0.1) is 13.8 Å². The summed E-state index contributed by atoms with van der Waals surface area (Å²) in [4.78, 5) is 24.0. The van der Waals surface area contributed by atoms with Crippen LogP contribution in [0.3, 0.4) is 0 Å². The van der Waals surface area contributed by atoms with Gasteiger partial charge in [0.15, 0.2) is 0 Å². The Morgan fingerprint density at radius 1 is 0.857 bits per heavy atom. The number of aryl methyl sites for hydroxylation is 2. The van der Waals surface area contributed by atoms with Crippen molar-refractivity contribution in [3.63, 3.8) is 0 Å². The maximum Gasteiger partial charge on any atom is 0.411 e. The molecule has 0 saturated heterocycles. The first-order valence-corrected chi connectivity index (χ1v) is 12.5. The van der Waals surface area contributed by atoms with Gasteiger partial charge in [-0.3, -0.25) is 14.4 Å². The van der Waals surface area contributed by atoms with E-state index in [-0.39, 0.29) is 30.3 Å². The van der Waals surface area contributed by atoms with Crippen molar-refractivity contribution in [2.75, 3.05) is 23.3 Å². The van der Waals surface area contributed by atoms with Gasteiger partial charge in [0.1, 0.15) is 0 Å². The average Bonchev–Trinajstić information content (AvgIpc) is 2.85. The number of rotatable bonds is 9. The molecule has 0 unspecified atom stereocenters. The number of carbonyl (C=O) groups excluding carboxylic acids is 2. The van der Waals surface area contributed by atoms with Gasteiger partial charge < -0.3 is 10.1 Å². The van der Waals surface area contributed by atoms with Crippen LogP contribution in [-0.4, -0.2) is 34.1 Å². The van der Waals surface area contributed by atoms with Gasteiger partial charge in [-0.05, 0) is 55.8 Å². The SMILES string of the molecule is COC(=O)Nc1ccc(CNC(=O)CCN(c2ccc(C)cc2)S(=O)(=O)c2ccc(C)cc2)cc1. The summed E-state index contributed by atoms with van der Waals surface area (Å²) in [7, 11) is -2.57. The number of amides is 2. The van der Waals surface area contributed by atoms with Gasteiger partial charge in [0.2, 0.25) is 5.91 Å². The number of hydrogen-bond acceptors (Lipinski definition) is 5. The van der Waals surface area contributed by atoms with Crippen molar-refractivity contribution in [2.45, 2.75) is 31.7 Å². The van der Waals surface area contributed by atoms with Crippen LogP contribution in [0.4, 0.5) is 16.2 Å². The van der Waals surface area contributed by atoms with Crippen LogP contribution < -0.4 is 14.9 Å². The molecule has 0 aliphatic rings. The Kier molecular flexibility index (Phi) is 8.48. The minimum absolute atomic E-state index is 0.00685. The van der Waals surface area contributed by atoms with Crippen molar-refractivity contribution in [3.8, 4) is 0 Å². The van der Waals surface area contributed by atoms with Crippen LogP contribution in [0.25, 0.3) is 0 Å². The lowest BCUT2D eigenvalue weighted by molar-refractivity contribution is -0.121. The molecule has 0 spiro atoms. The Bertz CT molecular complexity index is 1260. The molecule has 0 aliphatic carbocycles. The van der Waals surface area contributed by atoms with Crippen molar-refractivity contribution in [1.29, 1.82) is 0 Å². The monoisotopic (exact) mass is 495 g/mol. The highest BCUT2D eigenvalue weighted by Crippen LogP contribution is 2.25. The third-order valence-electron chi connectivity index (χ3n) is 5.35. The molecule has 3 aromatic rings. The van der Waals surface area contributed by atoms with E-state index in [0.29, 0.717) is 11.4 Å². The zero-order valence-electron chi connectivity index (χ0n) is 19.9. The Labute approximate surface area is 206 Å². The number of nitrogens with one attached hydrogen (secondary N) is 2. The van der Waals surface area contributed by atoms with E-state index in [1.807, 2.05) is 26.0 Å². The number of nitrogens with zero attached hydrogens (tertiary/aromatic N) is 1. The third kappa shape index (κ3) is 7.07. The van der Waals surface area contributed by atoms with E-state index in [1.54, 1.807) is 60.7 Å². The highest BCUT2D eigenvalue weighted by Gasteiger charge is 2.25. The predicted octanol–water partition coefficient (Wildman–Crippen LogP) is 4.38. The molecule has 0 heterocycles. The van der Waals surface area contributed by atoms with E-state index in [4.69, 9.17) is 0 Å². The maximum atomic E-state index is 13.4. The minimum atomic E-state index is -3.85. The number of carbonyl (C=O) groups is 2. The molecule has 3 aromatic carbocycles. The summed E-state index contributed by atoms with van der Waals surface area (Å²) < 4.78 is 32.6. The summed E-state index contributed by atoms with van der Waals surface area (Å²) in [5.74, 6) is -0.280. The Hall–Kier alpha value is -3.85. The van der Waals surface area contributed by atoms with Gasteiger partial charge in [0.05, 0.1) is 17.7 Å². The quantitative estimate of drug-likeness (QED) is 0.458. The van der Waals surface area contributed by atoms with E-state index in [0.717, 1.165) is 16.7 Å². The highest BCUT2D eigenvalue weighted by atomic mass is 32.2. The fraction of sp³-hybridized carbons (Fsp3) is 0.231. The molecule has 0 atom stereocenters. The molecule has 8 nitrogen and oxygen atoms in total. The summed E-state index contributed by atoms with van der Waals surface area (Å²) in [6.45, 7) is 4.08. The molecule has 0 aromatic heterocycles. The first-order chi connectivity index (χ1) is 16.7. The van der Waals surface area contributed by atoms with E-state index in [2.05, 4.69) is 15.4 Å². The second kappa shape index (κ2) is 11.5. The Balaban J connectivity index is 1.67. The number of ether oxygens (including phenoxy) is 1. The molecule has 0 fully saturated rings. The minimum Gasteiger partial charge on any atom is -0.453 e.